The Morgan fingerprint density at radius 2 is 1.95 bits per heavy atom. The molecule has 0 amide bonds. The molecule has 1 unspecified atom stereocenters. The summed E-state index contributed by atoms with van der Waals surface area (Å²) in [5.41, 5.74) is 0. The van der Waals surface area contributed by atoms with Gasteiger partial charge in [0.1, 0.15) is 18.1 Å². The lowest BCUT2D eigenvalue weighted by molar-refractivity contribution is 0.109. The smallest absolute Gasteiger partial charge is 0.119 e. The second-order valence-electron chi connectivity index (χ2n) is 4.59. The third kappa shape index (κ3) is 5.09. The van der Waals surface area contributed by atoms with Crippen LogP contribution in [0.25, 0.3) is 0 Å². The molecule has 106 valence electrons. The normalized spacial score (nSPS) is 18.5. The minimum Gasteiger partial charge on any atom is -0.494 e. The van der Waals surface area contributed by atoms with E-state index in [2.05, 4.69) is 5.32 Å². The van der Waals surface area contributed by atoms with Gasteiger partial charge in [0.25, 0.3) is 0 Å². The molecule has 1 N–H and O–H groups in total. The van der Waals surface area contributed by atoms with E-state index in [1.165, 1.54) is 12.8 Å². The highest BCUT2D eigenvalue weighted by molar-refractivity contribution is 5.31. The summed E-state index contributed by atoms with van der Waals surface area (Å²) in [4.78, 5) is 0. The van der Waals surface area contributed by atoms with Gasteiger partial charge in [-0.2, -0.15) is 0 Å². The van der Waals surface area contributed by atoms with Crippen LogP contribution in [0.5, 0.6) is 11.5 Å². The van der Waals surface area contributed by atoms with Crippen LogP contribution in [0.1, 0.15) is 19.8 Å². The molecule has 1 fully saturated rings. The van der Waals surface area contributed by atoms with Crippen molar-refractivity contribution < 1.29 is 14.2 Å². The molecule has 0 bridgehead atoms. The summed E-state index contributed by atoms with van der Waals surface area (Å²) in [5, 5.41) is 3.35. The second-order valence-corrected chi connectivity index (χ2v) is 4.59. The van der Waals surface area contributed by atoms with Gasteiger partial charge in [-0.3, -0.25) is 0 Å². The molecule has 1 aliphatic rings. The molecule has 1 heterocycles. The molecule has 4 nitrogen and oxygen atoms in total. The lowest BCUT2D eigenvalue weighted by atomic mass is 10.2. The molecule has 1 atom stereocenters. The molecule has 2 rings (SSSR count). The van der Waals surface area contributed by atoms with Crippen LogP contribution in [-0.2, 0) is 4.74 Å². The largest absolute Gasteiger partial charge is 0.494 e. The highest BCUT2D eigenvalue weighted by atomic mass is 16.5. The number of nitrogens with one attached hydrogen (secondary N) is 1. The molecule has 0 radical (unpaired) electrons. The van der Waals surface area contributed by atoms with Gasteiger partial charge < -0.3 is 19.5 Å². The molecule has 1 aliphatic heterocycles. The molecule has 1 aromatic carbocycles. The number of hydrogen-bond acceptors (Lipinski definition) is 4. The molecule has 4 heteroatoms. The molecular formula is C15H23NO3. The molecule has 0 spiro atoms. The third-order valence-corrected chi connectivity index (χ3v) is 3.08. The molecule has 0 saturated carbocycles. The van der Waals surface area contributed by atoms with Crippen molar-refractivity contribution in [1.82, 2.24) is 5.32 Å². The summed E-state index contributed by atoms with van der Waals surface area (Å²) in [7, 11) is 0. The number of rotatable bonds is 8. The van der Waals surface area contributed by atoms with Gasteiger partial charge >= 0.3 is 0 Å². The predicted octanol–water partition coefficient (Wildman–Crippen LogP) is 2.23. The topological polar surface area (TPSA) is 39.7 Å². The van der Waals surface area contributed by atoms with E-state index in [4.69, 9.17) is 14.2 Å². The molecular weight excluding hydrogens is 242 g/mol. The molecule has 19 heavy (non-hydrogen) atoms. The molecule has 0 aromatic heterocycles. The zero-order valence-electron chi connectivity index (χ0n) is 11.6. The predicted molar refractivity (Wildman–Crippen MR) is 74.9 cm³/mol. The van der Waals surface area contributed by atoms with Crippen molar-refractivity contribution in [3.8, 4) is 11.5 Å². The lowest BCUT2D eigenvalue weighted by Gasteiger charge is -2.11. The second kappa shape index (κ2) is 8.02. The Hall–Kier alpha value is -1.26. The first-order valence-corrected chi connectivity index (χ1v) is 7.06. The lowest BCUT2D eigenvalue weighted by Crippen LogP contribution is -2.29. The van der Waals surface area contributed by atoms with Crippen molar-refractivity contribution in [2.45, 2.75) is 25.9 Å². The van der Waals surface area contributed by atoms with Crippen LogP contribution in [0.3, 0.4) is 0 Å². The summed E-state index contributed by atoms with van der Waals surface area (Å²) in [5.74, 6) is 1.76. The Morgan fingerprint density at radius 3 is 2.58 bits per heavy atom. The number of benzene rings is 1. The van der Waals surface area contributed by atoms with E-state index in [-0.39, 0.29) is 0 Å². The highest BCUT2D eigenvalue weighted by Crippen LogP contribution is 2.17. The summed E-state index contributed by atoms with van der Waals surface area (Å²) >= 11 is 0. The Morgan fingerprint density at radius 1 is 1.21 bits per heavy atom. The quantitative estimate of drug-likeness (QED) is 0.732. The third-order valence-electron chi connectivity index (χ3n) is 3.08. The van der Waals surface area contributed by atoms with Crippen molar-refractivity contribution >= 4 is 0 Å². The standard InChI is InChI=1S/C15H23NO3/c1-2-17-13-5-7-14(8-6-13)19-11-9-16-12-15-4-3-10-18-15/h5-8,15-16H,2-4,9-12H2,1H3. The Balaban J connectivity index is 1.57. The van der Waals surface area contributed by atoms with Crippen LogP contribution >= 0.6 is 0 Å². The molecule has 0 aliphatic carbocycles. The van der Waals surface area contributed by atoms with E-state index in [1.54, 1.807) is 0 Å². The monoisotopic (exact) mass is 265 g/mol. The fraction of sp³-hybridized carbons (Fsp3) is 0.600. The van der Waals surface area contributed by atoms with Crippen molar-refractivity contribution in [2.24, 2.45) is 0 Å². The van der Waals surface area contributed by atoms with E-state index in [9.17, 15) is 0 Å². The van der Waals surface area contributed by atoms with Gasteiger partial charge in [0, 0.05) is 19.7 Å². The van der Waals surface area contributed by atoms with E-state index in [1.807, 2.05) is 31.2 Å². The van der Waals surface area contributed by atoms with Gasteiger partial charge in [-0.1, -0.05) is 0 Å². The van der Waals surface area contributed by atoms with Crippen molar-refractivity contribution in [3.63, 3.8) is 0 Å². The van der Waals surface area contributed by atoms with Crippen molar-refractivity contribution in [1.29, 1.82) is 0 Å². The van der Waals surface area contributed by atoms with Crippen LogP contribution in [0.15, 0.2) is 24.3 Å². The van der Waals surface area contributed by atoms with Gasteiger partial charge in [0.15, 0.2) is 0 Å². The minimum atomic E-state index is 0.394. The summed E-state index contributed by atoms with van der Waals surface area (Å²) in [6.07, 6.45) is 2.76. The fourth-order valence-electron chi connectivity index (χ4n) is 2.11. The van der Waals surface area contributed by atoms with Gasteiger partial charge in [-0.05, 0) is 44.0 Å². The Kier molecular flexibility index (Phi) is 5.98. The number of ether oxygens (including phenoxy) is 3. The van der Waals surface area contributed by atoms with Gasteiger partial charge in [0.05, 0.1) is 12.7 Å². The fourth-order valence-corrected chi connectivity index (χ4v) is 2.11. The highest BCUT2D eigenvalue weighted by Gasteiger charge is 2.14. The first-order valence-electron chi connectivity index (χ1n) is 7.06. The summed E-state index contributed by atoms with van der Waals surface area (Å²) in [6, 6.07) is 7.73. The molecule has 1 saturated heterocycles. The number of hydrogen-bond donors (Lipinski definition) is 1. The first-order chi connectivity index (χ1) is 9.38. The van der Waals surface area contributed by atoms with Gasteiger partial charge in [-0.15, -0.1) is 0 Å². The van der Waals surface area contributed by atoms with Crippen LogP contribution in [0.2, 0.25) is 0 Å². The van der Waals surface area contributed by atoms with E-state index >= 15 is 0 Å². The van der Waals surface area contributed by atoms with Gasteiger partial charge in [-0.25, -0.2) is 0 Å². The maximum atomic E-state index is 5.64. The zero-order valence-corrected chi connectivity index (χ0v) is 11.6. The van der Waals surface area contributed by atoms with Crippen LogP contribution in [0, 0.1) is 0 Å². The van der Waals surface area contributed by atoms with Crippen LogP contribution < -0.4 is 14.8 Å². The Bertz CT molecular complexity index is 347. The van der Waals surface area contributed by atoms with Crippen LogP contribution in [-0.4, -0.2) is 39.0 Å². The Labute approximate surface area is 115 Å². The maximum absolute atomic E-state index is 5.64. The van der Waals surface area contributed by atoms with Crippen LogP contribution in [0.4, 0.5) is 0 Å². The van der Waals surface area contributed by atoms with E-state index in [0.717, 1.165) is 31.2 Å². The minimum absolute atomic E-state index is 0.394. The zero-order chi connectivity index (χ0) is 13.3. The SMILES string of the molecule is CCOc1ccc(OCCNCC2CCCO2)cc1. The van der Waals surface area contributed by atoms with Gasteiger partial charge in [0.2, 0.25) is 0 Å². The summed E-state index contributed by atoms with van der Waals surface area (Å²) < 4.78 is 16.6. The average molecular weight is 265 g/mol. The maximum Gasteiger partial charge on any atom is 0.119 e. The van der Waals surface area contributed by atoms with E-state index < -0.39 is 0 Å². The average Bonchev–Trinajstić information content (AvgIpc) is 2.94. The first kappa shape index (κ1) is 14.2. The van der Waals surface area contributed by atoms with Crippen molar-refractivity contribution in [2.75, 3.05) is 32.9 Å². The van der Waals surface area contributed by atoms with E-state index in [0.29, 0.717) is 19.3 Å². The summed E-state index contributed by atoms with van der Waals surface area (Å²) in [6.45, 7) is 6.01. The molecule has 1 aromatic rings. The van der Waals surface area contributed by atoms with Crippen molar-refractivity contribution in [3.05, 3.63) is 24.3 Å².